The van der Waals surface area contributed by atoms with Crippen LogP contribution in [0.25, 0.3) is 11.5 Å². The van der Waals surface area contributed by atoms with Gasteiger partial charge < -0.3 is 14.1 Å². The van der Waals surface area contributed by atoms with E-state index in [4.69, 9.17) is 20.8 Å². The second-order valence-corrected chi connectivity index (χ2v) is 9.15. The number of hydrogen-bond acceptors (Lipinski definition) is 7. The number of benzene rings is 2. The second-order valence-electron chi connectivity index (χ2n) is 7.81. The number of amides is 1. The molecule has 1 atom stereocenters. The smallest absolute Gasteiger partial charge is 0.277 e. The number of rotatable bonds is 7. The van der Waals surface area contributed by atoms with Gasteiger partial charge in [0.05, 0.1) is 12.9 Å². The molecule has 0 aliphatic heterocycles. The van der Waals surface area contributed by atoms with Gasteiger partial charge in [-0.15, -0.1) is 10.2 Å². The number of likely N-dealkylation sites (N-methyl/N-ethyl adjacent to an activating group) is 1. The minimum atomic E-state index is -1.06. The summed E-state index contributed by atoms with van der Waals surface area (Å²) in [5.74, 6) is 0.948. The molecule has 1 heterocycles. The molecule has 0 spiro atoms. The van der Waals surface area contributed by atoms with Crippen molar-refractivity contribution in [3.8, 4) is 17.2 Å². The van der Waals surface area contributed by atoms with Crippen LogP contribution in [-0.4, -0.2) is 46.7 Å². The Morgan fingerprint density at radius 2 is 1.94 bits per heavy atom. The summed E-state index contributed by atoms with van der Waals surface area (Å²) in [5.41, 5.74) is 0.373. The topological polar surface area (TPSA) is 85.5 Å². The maximum Gasteiger partial charge on any atom is 0.277 e. The number of hydrogen-bond donors (Lipinski definition) is 0. The molecule has 1 amide bonds. The molecule has 2 aromatic carbocycles. The molecule has 1 aliphatic carbocycles. The molecule has 7 nitrogen and oxygen atoms in total. The first-order valence-corrected chi connectivity index (χ1v) is 12.0. The summed E-state index contributed by atoms with van der Waals surface area (Å²) < 4.78 is 10.9. The highest BCUT2D eigenvalue weighted by atomic mass is 35.5. The molecule has 1 saturated carbocycles. The Hall–Kier alpha value is -2.84. The van der Waals surface area contributed by atoms with Crippen LogP contribution in [0.1, 0.15) is 31.2 Å². The van der Waals surface area contributed by atoms with Crippen molar-refractivity contribution in [2.45, 2.75) is 36.4 Å². The summed E-state index contributed by atoms with van der Waals surface area (Å²) in [4.78, 5) is 27.9. The Kier molecular flexibility index (Phi) is 7.05. The van der Waals surface area contributed by atoms with E-state index in [2.05, 4.69) is 10.2 Å². The fourth-order valence-electron chi connectivity index (χ4n) is 4.18. The molecule has 1 fully saturated rings. The monoisotopic (exact) mass is 485 g/mol. The molecule has 0 N–H and O–H groups in total. The molecule has 0 unspecified atom stereocenters. The highest BCUT2D eigenvalue weighted by molar-refractivity contribution is 7.99. The third kappa shape index (κ3) is 4.63. The van der Waals surface area contributed by atoms with E-state index in [0.717, 1.165) is 35.9 Å². The maximum atomic E-state index is 13.2. The van der Waals surface area contributed by atoms with Gasteiger partial charge in [0.25, 0.3) is 5.22 Å². The first-order valence-electron chi connectivity index (χ1n) is 10.6. The molecule has 3 aromatic rings. The van der Waals surface area contributed by atoms with E-state index in [-0.39, 0.29) is 22.7 Å². The molecule has 33 heavy (non-hydrogen) atoms. The number of halogens is 1. The zero-order chi connectivity index (χ0) is 23.4. The number of methoxy groups -OCH3 is 1. The average molecular weight is 486 g/mol. The number of aromatic nitrogens is 2. The number of ether oxygens (including phenoxy) is 1. The van der Waals surface area contributed by atoms with Gasteiger partial charge in [0, 0.05) is 29.6 Å². The third-order valence-electron chi connectivity index (χ3n) is 5.98. The van der Waals surface area contributed by atoms with Gasteiger partial charge in [0.15, 0.2) is 5.78 Å². The highest BCUT2D eigenvalue weighted by Crippen LogP contribution is 2.42. The van der Waals surface area contributed by atoms with Crippen molar-refractivity contribution in [2.24, 2.45) is 0 Å². The second kappa shape index (κ2) is 9.97. The van der Waals surface area contributed by atoms with E-state index < -0.39 is 5.54 Å². The van der Waals surface area contributed by atoms with Gasteiger partial charge in [-0.25, -0.2) is 0 Å². The minimum absolute atomic E-state index is 0.0160. The van der Waals surface area contributed by atoms with Crippen LogP contribution in [0.2, 0.25) is 5.02 Å². The van der Waals surface area contributed by atoms with Crippen LogP contribution in [0.15, 0.2) is 58.2 Å². The SMILES string of the molecule is COc1ccc(-c2nnc(SCC(=O)N(C)[C@]3(c4ccccc4Cl)CCCCC3=O)o2)cc1. The number of ketones is 1. The van der Waals surface area contributed by atoms with E-state index in [1.165, 1.54) is 0 Å². The first kappa shape index (κ1) is 23.3. The summed E-state index contributed by atoms with van der Waals surface area (Å²) in [5, 5.41) is 8.87. The van der Waals surface area contributed by atoms with Crippen LogP contribution < -0.4 is 4.74 Å². The zero-order valence-corrected chi connectivity index (χ0v) is 20.0. The van der Waals surface area contributed by atoms with Gasteiger partial charge >= 0.3 is 0 Å². The number of carbonyl (C=O) groups is 2. The Bertz CT molecular complexity index is 1150. The molecule has 4 rings (SSSR count). The number of nitrogens with zero attached hydrogens (tertiary/aromatic N) is 3. The van der Waals surface area contributed by atoms with Crippen molar-refractivity contribution in [1.29, 1.82) is 0 Å². The third-order valence-corrected chi connectivity index (χ3v) is 7.12. The standard InChI is InChI=1S/C24H24ClN3O4S/c1-28(24(14-6-5-9-20(24)29)18-7-3-4-8-19(18)25)21(30)15-33-23-27-26-22(32-23)16-10-12-17(31-2)13-11-16/h3-4,7-8,10-13H,5-6,9,14-15H2,1-2H3/t24-/m0/s1. The Balaban J connectivity index is 1.50. The van der Waals surface area contributed by atoms with Gasteiger partial charge in [0.2, 0.25) is 11.8 Å². The quantitative estimate of drug-likeness (QED) is 0.436. The van der Waals surface area contributed by atoms with Crippen LogP contribution in [0.3, 0.4) is 0 Å². The van der Waals surface area contributed by atoms with Crippen molar-refractivity contribution in [3.05, 3.63) is 59.1 Å². The summed E-state index contributed by atoms with van der Waals surface area (Å²) >= 11 is 7.62. The van der Waals surface area contributed by atoms with Gasteiger partial charge in [-0.2, -0.15) is 0 Å². The van der Waals surface area contributed by atoms with E-state index >= 15 is 0 Å². The molecular weight excluding hydrogens is 462 g/mol. The molecule has 1 aliphatic rings. The van der Waals surface area contributed by atoms with Gasteiger partial charge in [-0.3, -0.25) is 9.59 Å². The zero-order valence-electron chi connectivity index (χ0n) is 18.4. The lowest BCUT2D eigenvalue weighted by atomic mass is 9.74. The van der Waals surface area contributed by atoms with Crippen LogP contribution in [-0.2, 0) is 15.1 Å². The van der Waals surface area contributed by atoms with E-state index in [9.17, 15) is 9.59 Å². The van der Waals surface area contributed by atoms with Crippen molar-refractivity contribution >= 4 is 35.1 Å². The molecular formula is C24H24ClN3O4S. The van der Waals surface area contributed by atoms with Crippen molar-refractivity contribution < 1.29 is 18.7 Å². The number of Topliss-reactive ketones (excluding diaryl/α,β-unsaturated/α-hetero) is 1. The molecule has 0 saturated heterocycles. The lowest BCUT2D eigenvalue weighted by Gasteiger charge is -2.44. The summed E-state index contributed by atoms with van der Waals surface area (Å²) in [6.45, 7) is 0. The fourth-order valence-corrected chi connectivity index (χ4v) is 5.15. The predicted molar refractivity (Wildman–Crippen MR) is 126 cm³/mol. The number of carbonyl (C=O) groups excluding carboxylic acids is 2. The average Bonchev–Trinajstić information content (AvgIpc) is 3.32. The highest BCUT2D eigenvalue weighted by Gasteiger charge is 2.47. The molecule has 0 bridgehead atoms. The lowest BCUT2D eigenvalue weighted by molar-refractivity contribution is -0.146. The molecule has 0 radical (unpaired) electrons. The maximum absolute atomic E-state index is 13.2. The molecule has 172 valence electrons. The Morgan fingerprint density at radius 1 is 1.18 bits per heavy atom. The van der Waals surface area contributed by atoms with E-state index in [1.807, 2.05) is 30.3 Å². The van der Waals surface area contributed by atoms with Crippen molar-refractivity contribution in [2.75, 3.05) is 19.9 Å². The summed E-state index contributed by atoms with van der Waals surface area (Å²) in [6.07, 6.45) is 2.63. The molecule has 9 heteroatoms. The Labute approximate surface area is 201 Å². The van der Waals surface area contributed by atoms with E-state index in [1.54, 1.807) is 37.3 Å². The van der Waals surface area contributed by atoms with Crippen molar-refractivity contribution in [3.63, 3.8) is 0 Å². The van der Waals surface area contributed by atoms with Crippen LogP contribution in [0, 0.1) is 0 Å². The first-order chi connectivity index (χ1) is 16.0. The molecule has 1 aromatic heterocycles. The predicted octanol–water partition coefficient (Wildman–Crippen LogP) is 4.99. The van der Waals surface area contributed by atoms with Crippen LogP contribution in [0.5, 0.6) is 5.75 Å². The number of thioether (sulfide) groups is 1. The minimum Gasteiger partial charge on any atom is -0.497 e. The summed E-state index contributed by atoms with van der Waals surface area (Å²) in [6, 6.07) is 14.5. The van der Waals surface area contributed by atoms with Crippen molar-refractivity contribution in [1.82, 2.24) is 15.1 Å². The normalized spacial score (nSPS) is 18.2. The fraction of sp³-hybridized carbons (Fsp3) is 0.333. The van der Waals surface area contributed by atoms with Gasteiger partial charge in [-0.05, 0) is 49.6 Å². The lowest BCUT2D eigenvalue weighted by Crippen LogP contribution is -2.54. The van der Waals surface area contributed by atoms with Crippen LogP contribution >= 0.6 is 23.4 Å². The van der Waals surface area contributed by atoms with Gasteiger partial charge in [-0.1, -0.05) is 41.6 Å². The van der Waals surface area contributed by atoms with Crippen LogP contribution in [0.4, 0.5) is 0 Å². The van der Waals surface area contributed by atoms with Gasteiger partial charge in [0.1, 0.15) is 11.3 Å². The van der Waals surface area contributed by atoms with E-state index in [0.29, 0.717) is 29.3 Å². The Morgan fingerprint density at radius 3 is 2.64 bits per heavy atom. The largest absolute Gasteiger partial charge is 0.497 e. The summed E-state index contributed by atoms with van der Waals surface area (Å²) in [7, 11) is 3.27.